The van der Waals surface area contributed by atoms with E-state index in [-0.39, 0.29) is 5.54 Å². The van der Waals surface area contributed by atoms with Gasteiger partial charge in [0.25, 0.3) is 0 Å². The van der Waals surface area contributed by atoms with Gasteiger partial charge in [-0.2, -0.15) is 0 Å². The average Bonchev–Trinajstić information content (AvgIpc) is 2.35. The van der Waals surface area contributed by atoms with Crippen LogP contribution >= 0.6 is 0 Å². The Morgan fingerprint density at radius 2 is 2.05 bits per heavy atom. The molecule has 19 heavy (non-hydrogen) atoms. The molecule has 106 valence electrons. The Hall–Kier alpha value is -0.910. The summed E-state index contributed by atoms with van der Waals surface area (Å²) in [5.41, 5.74) is 7.01. The van der Waals surface area contributed by atoms with Gasteiger partial charge in [0.1, 0.15) is 0 Å². The molecule has 0 aromatic heterocycles. The zero-order valence-corrected chi connectivity index (χ0v) is 12.4. The van der Waals surface area contributed by atoms with Crippen molar-refractivity contribution in [1.29, 1.82) is 0 Å². The molecule has 0 amide bonds. The van der Waals surface area contributed by atoms with Gasteiger partial charge in [0, 0.05) is 12.1 Å². The summed E-state index contributed by atoms with van der Waals surface area (Å²) in [6.07, 6.45) is 3.59. The van der Waals surface area contributed by atoms with E-state index in [1.165, 1.54) is 0 Å². The van der Waals surface area contributed by atoms with Crippen LogP contribution in [-0.2, 0) is 23.0 Å². The van der Waals surface area contributed by atoms with E-state index in [0.717, 1.165) is 30.4 Å². The number of rotatable bonds is 5. The highest BCUT2D eigenvalue weighted by Crippen LogP contribution is 2.33. The van der Waals surface area contributed by atoms with E-state index < -0.39 is 10.0 Å². The van der Waals surface area contributed by atoms with Crippen molar-refractivity contribution in [3.05, 3.63) is 29.3 Å². The van der Waals surface area contributed by atoms with E-state index in [2.05, 4.69) is 4.72 Å². The van der Waals surface area contributed by atoms with E-state index in [1.54, 1.807) is 6.07 Å². The second-order valence-electron chi connectivity index (χ2n) is 5.52. The average molecular weight is 282 g/mol. The molecular formula is C14H22N2O2S. The molecule has 0 saturated heterocycles. The highest BCUT2D eigenvalue weighted by atomic mass is 32.2. The number of hydrogen-bond donors (Lipinski definition) is 2. The highest BCUT2D eigenvalue weighted by molar-refractivity contribution is 7.89. The lowest BCUT2D eigenvalue weighted by atomic mass is 9.80. The van der Waals surface area contributed by atoms with Crippen LogP contribution in [0.2, 0.25) is 0 Å². The fourth-order valence-electron chi connectivity index (χ4n) is 2.46. The summed E-state index contributed by atoms with van der Waals surface area (Å²) in [6, 6.07) is 5.45. The maximum absolute atomic E-state index is 12.5. The lowest BCUT2D eigenvalue weighted by Gasteiger charge is -2.38. The molecule has 1 fully saturated rings. The van der Waals surface area contributed by atoms with Crippen molar-refractivity contribution in [2.75, 3.05) is 0 Å². The van der Waals surface area contributed by atoms with Crippen LogP contribution in [0.25, 0.3) is 0 Å². The third-order valence-corrected chi connectivity index (χ3v) is 5.60. The van der Waals surface area contributed by atoms with Crippen LogP contribution in [0.4, 0.5) is 0 Å². The third-order valence-electron chi connectivity index (χ3n) is 3.88. The highest BCUT2D eigenvalue weighted by Gasteiger charge is 2.36. The molecule has 1 saturated carbocycles. The van der Waals surface area contributed by atoms with Crippen LogP contribution in [0.3, 0.4) is 0 Å². The Bertz CT molecular complexity index is 563. The van der Waals surface area contributed by atoms with E-state index in [0.29, 0.717) is 17.9 Å². The van der Waals surface area contributed by atoms with Crippen molar-refractivity contribution in [2.24, 2.45) is 5.73 Å². The fraction of sp³-hybridized carbons (Fsp3) is 0.571. The Morgan fingerprint density at radius 1 is 1.37 bits per heavy atom. The quantitative estimate of drug-likeness (QED) is 0.866. The first-order valence-corrected chi connectivity index (χ1v) is 8.24. The largest absolute Gasteiger partial charge is 0.326 e. The van der Waals surface area contributed by atoms with E-state index >= 15 is 0 Å². The summed E-state index contributed by atoms with van der Waals surface area (Å²) < 4.78 is 27.9. The third kappa shape index (κ3) is 2.99. The van der Waals surface area contributed by atoms with Gasteiger partial charge in [0.05, 0.1) is 4.90 Å². The van der Waals surface area contributed by atoms with Gasteiger partial charge in [-0.3, -0.25) is 0 Å². The van der Waals surface area contributed by atoms with E-state index in [1.807, 2.05) is 26.0 Å². The minimum Gasteiger partial charge on any atom is -0.326 e. The minimum atomic E-state index is -3.46. The first-order chi connectivity index (χ1) is 8.90. The molecule has 1 aliphatic carbocycles. The molecule has 0 spiro atoms. The molecule has 0 bridgehead atoms. The fourth-order valence-corrected chi connectivity index (χ4v) is 4.28. The maximum Gasteiger partial charge on any atom is 0.241 e. The van der Waals surface area contributed by atoms with E-state index in [9.17, 15) is 8.42 Å². The van der Waals surface area contributed by atoms with Crippen LogP contribution in [0.5, 0.6) is 0 Å². The molecule has 0 heterocycles. The molecule has 0 atom stereocenters. The molecule has 1 aliphatic rings. The SMILES string of the molecule is CCc1ccc(CN)cc1S(=O)(=O)NC1(C)CCC1. The first-order valence-electron chi connectivity index (χ1n) is 6.76. The van der Waals surface area contributed by atoms with Crippen LogP contribution in [0, 0.1) is 0 Å². The summed E-state index contributed by atoms with van der Waals surface area (Å²) in [5.74, 6) is 0. The molecule has 1 aromatic rings. The minimum absolute atomic E-state index is 0.275. The van der Waals surface area contributed by atoms with Crippen molar-refractivity contribution >= 4 is 10.0 Å². The Balaban J connectivity index is 2.38. The summed E-state index contributed by atoms with van der Waals surface area (Å²) in [4.78, 5) is 0.381. The van der Waals surface area contributed by atoms with E-state index in [4.69, 9.17) is 5.73 Å². The van der Waals surface area contributed by atoms with Gasteiger partial charge in [0.15, 0.2) is 0 Å². The smallest absolute Gasteiger partial charge is 0.241 e. The van der Waals surface area contributed by atoms with Gasteiger partial charge in [0.2, 0.25) is 10.0 Å². The second kappa shape index (κ2) is 5.23. The molecule has 4 nitrogen and oxygen atoms in total. The topological polar surface area (TPSA) is 72.2 Å². The van der Waals surface area contributed by atoms with Gasteiger partial charge >= 0.3 is 0 Å². The van der Waals surface area contributed by atoms with Gasteiger partial charge < -0.3 is 5.73 Å². The van der Waals surface area contributed by atoms with Crippen molar-refractivity contribution in [3.8, 4) is 0 Å². The Labute approximate surface area is 115 Å². The van der Waals surface area contributed by atoms with Crippen LogP contribution < -0.4 is 10.5 Å². The molecule has 1 aromatic carbocycles. The molecule has 2 rings (SSSR count). The van der Waals surface area contributed by atoms with Gasteiger partial charge in [-0.15, -0.1) is 0 Å². The lowest BCUT2D eigenvalue weighted by Crippen LogP contribution is -2.50. The van der Waals surface area contributed by atoms with Gasteiger partial charge in [-0.25, -0.2) is 13.1 Å². The normalized spacial score (nSPS) is 18.1. The predicted octanol–water partition coefficient (Wildman–Crippen LogP) is 1.93. The van der Waals surface area contributed by atoms with Crippen molar-refractivity contribution in [1.82, 2.24) is 4.72 Å². The molecule has 0 unspecified atom stereocenters. The van der Waals surface area contributed by atoms with Crippen LogP contribution in [0.1, 0.15) is 44.2 Å². The van der Waals surface area contributed by atoms with Crippen LogP contribution in [-0.4, -0.2) is 14.0 Å². The molecule has 3 N–H and O–H groups in total. The summed E-state index contributed by atoms with van der Waals surface area (Å²) >= 11 is 0. The molecular weight excluding hydrogens is 260 g/mol. The predicted molar refractivity (Wildman–Crippen MR) is 76.3 cm³/mol. The van der Waals surface area contributed by atoms with Crippen LogP contribution in [0.15, 0.2) is 23.1 Å². The standard InChI is InChI=1S/C14H22N2O2S/c1-3-12-6-5-11(10-15)9-13(12)19(17,18)16-14(2)7-4-8-14/h5-6,9,16H,3-4,7-8,10,15H2,1-2H3. The number of aryl methyl sites for hydroxylation is 1. The summed E-state index contributed by atoms with van der Waals surface area (Å²) in [6.45, 7) is 4.28. The molecule has 0 aliphatic heterocycles. The molecule has 5 heteroatoms. The van der Waals surface area contributed by atoms with Gasteiger partial charge in [-0.05, 0) is 49.8 Å². The number of nitrogens with one attached hydrogen (secondary N) is 1. The van der Waals surface area contributed by atoms with Crippen molar-refractivity contribution < 1.29 is 8.42 Å². The first kappa shape index (κ1) is 14.5. The number of benzene rings is 1. The Morgan fingerprint density at radius 3 is 2.53 bits per heavy atom. The zero-order chi connectivity index (χ0) is 14.1. The van der Waals surface area contributed by atoms with Crippen molar-refractivity contribution in [3.63, 3.8) is 0 Å². The number of nitrogens with two attached hydrogens (primary N) is 1. The summed E-state index contributed by atoms with van der Waals surface area (Å²) in [7, 11) is -3.46. The lowest BCUT2D eigenvalue weighted by molar-refractivity contribution is 0.248. The zero-order valence-electron chi connectivity index (χ0n) is 11.6. The second-order valence-corrected chi connectivity index (χ2v) is 7.17. The summed E-state index contributed by atoms with van der Waals surface area (Å²) in [5, 5.41) is 0. The van der Waals surface area contributed by atoms with Crippen molar-refractivity contribution in [2.45, 2.75) is 56.5 Å². The monoisotopic (exact) mass is 282 g/mol. The number of sulfonamides is 1. The maximum atomic E-state index is 12.5. The molecule has 0 radical (unpaired) electrons. The van der Waals surface area contributed by atoms with Gasteiger partial charge in [-0.1, -0.05) is 19.1 Å². The Kier molecular flexibility index (Phi) is 3.99. The number of hydrogen-bond acceptors (Lipinski definition) is 3.